The van der Waals surface area contributed by atoms with E-state index in [0.717, 1.165) is 0 Å². The summed E-state index contributed by atoms with van der Waals surface area (Å²) in [5, 5.41) is 0.0861. The van der Waals surface area contributed by atoms with E-state index in [9.17, 15) is 8.42 Å². The molecule has 0 saturated carbocycles. The van der Waals surface area contributed by atoms with Crippen molar-refractivity contribution in [1.82, 2.24) is 0 Å². The molecule has 0 fully saturated rings. The summed E-state index contributed by atoms with van der Waals surface area (Å²) in [6.45, 7) is 0. The van der Waals surface area contributed by atoms with Crippen LogP contribution in [0.25, 0.3) is 0 Å². The lowest BCUT2D eigenvalue weighted by Crippen LogP contribution is -2.11. The Morgan fingerprint density at radius 1 is 1.33 bits per heavy atom. The summed E-state index contributed by atoms with van der Waals surface area (Å²) >= 11 is 5.57. The Bertz CT molecular complexity index is 376. The number of nitrogens with two attached hydrogens (primary N) is 1. The highest BCUT2D eigenvalue weighted by atomic mass is 35.5. The summed E-state index contributed by atoms with van der Waals surface area (Å²) in [5.41, 5.74) is 0. The first-order valence-electron chi connectivity index (χ1n) is 2.96. The molecule has 0 amide bonds. The van der Waals surface area contributed by atoms with Crippen LogP contribution in [0.4, 0.5) is 0 Å². The van der Waals surface area contributed by atoms with E-state index in [1.54, 1.807) is 6.07 Å². The molecule has 0 saturated heterocycles. The Hall–Kier alpha value is -0.620. The highest BCUT2D eigenvalue weighted by Gasteiger charge is 2.16. The molecule has 2 N–H and O–H groups in total. The van der Waals surface area contributed by atoms with E-state index in [0.29, 0.717) is 0 Å². The van der Waals surface area contributed by atoms with Crippen LogP contribution in [0.3, 0.4) is 0 Å². The maximum Gasteiger partial charge on any atom is 0.314 e. The Labute approximate surface area is 75.0 Å². The van der Waals surface area contributed by atoms with Gasteiger partial charge in [0.15, 0.2) is 0 Å². The Kier molecular flexibility index (Phi) is 2.69. The number of benzene rings is 1. The molecule has 0 aromatic heterocycles. The number of halogens is 1. The molecule has 0 heterocycles. The van der Waals surface area contributed by atoms with Gasteiger partial charge < -0.3 is 0 Å². The molecular weight excluding hydrogens is 202 g/mol. The van der Waals surface area contributed by atoms with Crippen LogP contribution in [0.15, 0.2) is 29.2 Å². The summed E-state index contributed by atoms with van der Waals surface area (Å²) in [6.07, 6.45) is 0. The van der Waals surface area contributed by atoms with Crippen LogP contribution in [0.1, 0.15) is 0 Å². The van der Waals surface area contributed by atoms with Crippen LogP contribution in [0.2, 0.25) is 5.02 Å². The molecule has 0 aliphatic rings. The number of rotatable bonds is 2. The smallest absolute Gasteiger partial charge is 0.197 e. The van der Waals surface area contributed by atoms with Gasteiger partial charge in [0.25, 0.3) is 0 Å². The van der Waals surface area contributed by atoms with Gasteiger partial charge in [0.05, 0.1) is 5.02 Å². The Balaban J connectivity index is 3.30. The van der Waals surface area contributed by atoms with Gasteiger partial charge in [-0.15, -0.1) is 0 Å². The topological polar surface area (TPSA) is 69.4 Å². The quantitative estimate of drug-likeness (QED) is 0.733. The van der Waals surface area contributed by atoms with E-state index in [1.807, 2.05) is 0 Å². The largest absolute Gasteiger partial charge is 0.314 e. The van der Waals surface area contributed by atoms with Crippen molar-refractivity contribution < 1.29 is 12.7 Å². The molecule has 6 heteroatoms. The van der Waals surface area contributed by atoms with Crippen LogP contribution in [0, 0.1) is 0 Å². The van der Waals surface area contributed by atoms with E-state index >= 15 is 0 Å². The molecule has 1 rings (SSSR count). The molecule has 4 nitrogen and oxygen atoms in total. The average molecular weight is 208 g/mol. The second-order valence-electron chi connectivity index (χ2n) is 1.98. The standard InChI is InChI=1S/C6H6ClNO3S/c7-5-3-1-2-4-6(5)12(9,10)11-8/h1-4H,8H2. The van der Waals surface area contributed by atoms with Crippen molar-refractivity contribution in [3.63, 3.8) is 0 Å². The van der Waals surface area contributed by atoms with Crippen LogP contribution < -0.4 is 5.90 Å². The highest BCUT2D eigenvalue weighted by molar-refractivity contribution is 7.86. The molecule has 0 bridgehead atoms. The second-order valence-corrected chi connectivity index (χ2v) is 3.93. The van der Waals surface area contributed by atoms with E-state index in [4.69, 9.17) is 11.6 Å². The molecule has 0 aliphatic carbocycles. The number of hydrogen-bond acceptors (Lipinski definition) is 4. The minimum atomic E-state index is -3.88. The molecule has 0 radical (unpaired) electrons. The van der Waals surface area contributed by atoms with E-state index in [-0.39, 0.29) is 9.92 Å². The Morgan fingerprint density at radius 3 is 2.42 bits per heavy atom. The van der Waals surface area contributed by atoms with Gasteiger partial charge in [-0.05, 0) is 12.1 Å². The van der Waals surface area contributed by atoms with Gasteiger partial charge in [0.1, 0.15) is 4.90 Å². The SMILES string of the molecule is NOS(=O)(=O)c1ccccc1Cl. The fraction of sp³-hybridized carbons (Fsp3) is 0. The fourth-order valence-electron chi connectivity index (χ4n) is 0.699. The zero-order valence-corrected chi connectivity index (χ0v) is 7.47. The maximum absolute atomic E-state index is 11.0. The lowest BCUT2D eigenvalue weighted by atomic mass is 10.4. The third-order valence-corrected chi connectivity index (χ3v) is 2.82. The first-order chi connectivity index (χ1) is 5.58. The zero-order valence-electron chi connectivity index (χ0n) is 5.90. The molecule has 66 valence electrons. The minimum Gasteiger partial charge on any atom is -0.197 e. The van der Waals surface area contributed by atoms with Crippen molar-refractivity contribution in [1.29, 1.82) is 0 Å². The number of hydrogen-bond donors (Lipinski definition) is 1. The lowest BCUT2D eigenvalue weighted by Gasteiger charge is -2.01. The normalized spacial score (nSPS) is 11.5. The van der Waals surface area contributed by atoms with Gasteiger partial charge in [-0.3, -0.25) is 0 Å². The molecule has 0 unspecified atom stereocenters. The lowest BCUT2D eigenvalue weighted by molar-refractivity contribution is 0.333. The van der Waals surface area contributed by atoms with Crippen molar-refractivity contribution in [3.8, 4) is 0 Å². The summed E-state index contributed by atoms with van der Waals surface area (Å²) in [5.74, 6) is 4.56. The summed E-state index contributed by atoms with van der Waals surface area (Å²) in [6, 6.07) is 5.88. The van der Waals surface area contributed by atoms with Gasteiger partial charge in [0.2, 0.25) is 0 Å². The van der Waals surface area contributed by atoms with Gasteiger partial charge >= 0.3 is 10.1 Å². The fourth-order valence-corrected chi connectivity index (χ4v) is 1.77. The van der Waals surface area contributed by atoms with Crippen LogP contribution in [-0.4, -0.2) is 8.42 Å². The predicted molar refractivity (Wildman–Crippen MR) is 43.9 cm³/mol. The van der Waals surface area contributed by atoms with Crippen molar-refractivity contribution in [3.05, 3.63) is 29.3 Å². The van der Waals surface area contributed by atoms with E-state index in [1.165, 1.54) is 18.2 Å². The third kappa shape index (κ3) is 1.75. The maximum atomic E-state index is 11.0. The van der Waals surface area contributed by atoms with Crippen molar-refractivity contribution in [2.45, 2.75) is 4.90 Å². The molecule has 0 atom stereocenters. The Morgan fingerprint density at radius 2 is 1.92 bits per heavy atom. The van der Waals surface area contributed by atoms with Gasteiger partial charge in [-0.25, -0.2) is 0 Å². The average Bonchev–Trinajstić information content (AvgIpc) is 2.05. The van der Waals surface area contributed by atoms with Crippen molar-refractivity contribution in [2.24, 2.45) is 5.90 Å². The first-order valence-corrected chi connectivity index (χ1v) is 4.74. The molecule has 0 spiro atoms. The van der Waals surface area contributed by atoms with Crippen LogP contribution in [-0.2, 0) is 14.4 Å². The second kappa shape index (κ2) is 3.40. The summed E-state index contributed by atoms with van der Waals surface area (Å²) in [7, 11) is -3.88. The third-order valence-electron chi connectivity index (χ3n) is 1.23. The minimum absolute atomic E-state index is 0.0861. The molecule has 0 aliphatic heterocycles. The summed E-state index contributed by atoms with van der Waals surface area (Å²) in [4.78, 5) is -0.130. The van der Waals surface area contributed by atoms with Crippen molar-refractivity contribution in [2.75, 3.05) is 0 Å². The van der Waals surface area contributed by atoms with E-state index in [2.05, 4.69) is 10.2 Å². The molecular formula is C6H6ClNO3S. The first kappa shape index (κ1) is 9.47. The van der Waals surface area contributed by atoms with Crippen LogP contribution in [0.5, 0.6) is 0 Å². The highest BCUT2D eigenvalue weighted by Crippen LogP contribution is 2.20. The molecule has 1 aromatic carbocycles. The van der Waals surface area contributed by atoms with Crippen molar-refractivity contribution >= 4 is 21.7 Å². The van der Waals surface area contributed by atoms with Gasteiger partial charge in [-0.1, -0.05) is 23.7 Å². The predicted octanol–water partition coefficient (Wildman–Crippen LogP) is 0.919. The summed E-state index contributed by atoms with van der Waals surface area (Å²) < 4.78 is 25.8. The van der Waals surface area contributed by atoms with Gasteiger partial charge in [-0.2, -0.15) is 18.6 Å². The molecule has 12 heavy (non-hydrogen) atoms. The molecule has 1 aromatic rings. The zero-order chi connectivity index (χ0) is 9.19. The van der Waals surface area contributed by atoms with E-state index < -0.39 is 10.1 Å². The van der Waals surface area contributed by atoms with Gasteiger partial charge in [0, 0.05) is 0 Å². The monoisotopic (exact) mass is 207 g/mol. The van der Waals surface area contributed by atoms with Crippen LogP contribution >= 0.6 is 11.6 Å².